The number of carbonyl (C=O) groups is 2. The minimum atomic E-state index is -0.653. The van der Waals surface area contributed by atoms with Crippen LogP contribution in [0.3, 0.4) is 0 Å². The lowest BCUT2D eigenvalue weighted by atomic mass is 9.88. The number of nitrogens with zero attached hydrogens (tertiary/aromatic N) is 4. The lowest BCUT2D eigenvalue weighted by Crippen LogP contribution is -2.50. The molecule has 2 aliphatic rings. The van der Waals surface area contributed by atoms with Gasteiger partial charge in [-0.15, -0.1) is 0 Å². The Kier molecular flexibility index (Phi) is 6.27. The maximum Gasteiger partial charge on any atom is 0.270 e. The van der Waals surface area contributed by atoms with Crippen LogP contribution in [-0.4, -0.2) is 42.2 Å². The zero-order valence-electron chi connectivity index (χ0n) is 20.0. The zero-order chi connectivity index (χ0) is 24.5. The van der Waals surface area contributed by atoms with E-state index in [1.807, 2.05) is 13.8 Å². The Morgan fingerprint density at radius 2 is 1.91 bits per heavy atom. The van der Waals surface area contributed by atoms with Gasteiger partial charge in [0.25, 0.3) is 11.5 Å². The van der Waals surface area contributed by atoms with Crippen LogP contribution in [0.15, 0.2) is 47.9 Å². The SMILES string of the molecule is CC(C)n1nccc1C(=O)NC(C(=O)Nc1cn(Cc2ccc[nH]c2=O)cn1)C(C1CC1)C1CC1. The van der Waals surface area contributed by atoms with E-state index in [0.29, 0.717) is 35.5 Å². The number of hydrogen-bond acceptors (Lipinski definition) is 5. The number of imidazole rings is 1. The van der Waals surface area contributed by atoms with Crippen LogP contribution in [0.1, 0.15) is 61.6 Å². The predicted octanol–water partition coefficient (Wildman–Crippen LogP) is 2.57. The molecule has 0 saturated heterocycles. The molecule has 3 aromatic heterocycles. The maximum atomic E-state index is 13.5. The van der Waals surface area contributed by atoms with Gasteiger partial charge in [-0.25, -0.2) is 4.98 Å². The number of anilines is 1. The van der Waals surface area contributed by atoms with Gasteiger partial charge >= 0.3 is 0 Å². The maximum absolute atomic E-state index is 13.5. The van der Waals surface area contributed by atoms with E-state index in [1.165, 1.54) is 0 Å². The number of rotatable bonds is 10. The summed E-state index contributed by atoms with van der Waals surface area (Å²) in [5.74, 6) is 0.849. The summed E-state index contributed by atoms with van der Waals surface area (Å²) in [5, 5.41) is 10.2. The van der Waals surface area contributed by atoms with Crippen LogP contribution >= 0.6 is 0 Å². The van der Waals surface area contributed by atoms with Crippen molar-refractivity contribution < 1.29 is 9.59 Å². The molecule has 2 saturated carbocycles. The summed E-state index contributed by atoms with van der Waals surface area (Å²) in [5.41, 5.74) is 0.879. The normalized spacial score (nSPS) is 16.5. The van der Waals surface area contributed by atoms with Gasteiger partial charge in [-0.05, 0) is 69.4 Å². The molecule has 3 heterocycles. The van der Waals surface area contributed by atoms with Crippen molar-refractivity contribution >= 4 is 17.6 Å². The first-order valence-electron chi connectivity index (χ1n) is 12.2. The minimum Gasteiger partial charge on any atom is -0.339 e. The smallest absolute Gasteiger partial charge is 0.270 e. The number of nitrogens with one attached hydrogen (secondary N) is 3. The summed E-state index contributed by atoms with van der Waals surface area (Å²) in [6, 6.07) is 4.58. The fraction of sp³-hybridized carbons (Fsp3) is 0.480. The fourth-order valence-electron chi connectivity index (χ4n) is 4.84. The largest absolute Gasteiger partial charge is 0.339 e. The molecule has 10 heteroatoms. The van der Waals surface area contributed by atoms with Gasteiger partial charge in [0.15, 0.2) is 5.82 Å². The third-order valence-corrected chi connectivity index (χ3v) is 6.82. The summed E-state index contributed by atoms with van der Waals surface area (Å²) in [4.78, 5) is 45.7. The average molecular weight is 478 g/mol. The molecule has 1 unspecified atom stereocenters. The van der Waals surface area contributed by atoms with E-state index < -0.39 is 6.04 Å². The predicted molar refractivity (Wildman–Crippen MR) is 130 cm³/mol. The molecule has 0 aromatic carbocycles. The van der Waals surface area contributed by atoms with Crippen LogP contribution in [-0.2, 0) is 11.3 Å². The van der Waals surface area contributed by atoms with E-state index in [2.05, 4.69) is 25.7 Å². The third-order valence-electron chi connectivity index (χ3n) is 6.82. The van der Waals surface area contributed by atoms with Gasteiger partial charge in [0.1, 0.15) is 11.7 Å². The summed E-state index contributed by atoms with van der Waals surface area (Å²) in [6.07, 6.45) is 10.8. The van der Waals surface area contributed by atoms with E-state index in [0.717, 1.165) is 25.7 Å². The molecular weight excluding hydrogens is 446 g/mol. The number of amides is 2. The first kappa shape index (κ1) is 23.1. The van der Waals surface area contributed by atoms with Crippen LogP contribution in [0.5, 0.6) is 0 Å². The third kappa shape index (κ3) is 5.21. The highest BCUT2D eigenvalue weighted by Gasteiger charge is 2.48. The second kappa shape index (κ2) is 9.52. The van der Waals surface area contributed by atoms with Crippen molar-refractivity contribution in [2.45, 2.75) is 58.2 Å². The van der Waals surface area contributed by atoms with Crippen molar-refractivity contribution in [3.05, 3.63) is 64.7 Å². The second-order valence-corrected chi connectivity index (χ2v) is 9.90. The summed E-state index contributed by atoms with van der Waals surface area (Å²) in [6.45, 7) is 4.26. The van der Waals surface area contributed by atoms with E-state index in [9.17, 15) is 14.4 Å². The Morgan fingerprint density at radius 3 is 2.57 bits per heavy atom. The Labute approximate surface area is 203 Å². The van der Waals surface area contributed by atoms with Crippen molar-refractivity contribution in [2.24, 2.45) is 17.8 Å². The molecule has 184 valence electrons. The molecule has 10 nitrogen and oxygen atoms in total. The molecular formula is C25H31N7O3. The number of hydrogen-bond donors (Lipinski definition) is 3. The number of H-pyrrole nitrogens is 1. The molecule has 2 aliphatic carbocycles. The molecule has 0 bridgehead atoms. The molecule has 2 fully saturated rings. The highest BCUT2D eigenvalue weighted by Crippen LogP contribution is 2.50. The molecule has 0 aliphatic heterocycles. The first-order valence-corrected chi connectivity index (χ1v) is 12.2. The molecule has 0 spiro atoms. The molecule has 35 heavy (non-hydrogen) atoms. The standard InChI is InChI=1S/C25H31N7O3/c1-15(2)32-19(9-11-28-32)24(34)30-22(21(16-5-6-16)17-7-8-17)25(35)29-20-13-31(14-27-20)12-18-4-3-10-26-23(18)33/h3-4,9-11,13-17,21-22H,5-8,12H2,1-2H3,(H,26,33)(H,29,35)(H,30,34). The summed E-state index contributed by atoms with van der Waals surface area (Å²) >= 11 is 0. The Hall–Kier alpha value is -3.69. The summed E-state index contributed by atoms with van der Waals surface area (Å²) < 4.78 is 3.41. The van der Waals surface area contributed by atoms with Crippen LogP contribution in [0, 0.1) is 17.8 Å². The van der Waals surface area contributed by atoms with Gasteiger partial charge in [0, 0.05) is 30.2 Å². The first-order chi connectivity index (χ1) is 16.9. The van der Waals surface area contributed by atoms with Crippen LogP contribution in [0.25, 0.3) is 0 Å². The molecule has 1 atom stereocenters. The molecule has 5 rings (SSSR count). The number of aromatic amines is 1. The lowest BCUT2D eigenvalue weighted by Gasteiger charge is -2.27. The van der Waals surface area contributed by atoms with Gasteiger partial charge in [-0.1, -0.05) is 6.07 Å². The van der Waals surface area contributed by atoms with Crippen molar-refractivity contribution in [1.82, 2.24) is 29.6 Å². The Morgan fingerprint density at radius 1 is 1.17 bits per heavy atom. The van der Waals surface area contributed by atoms with E-state index in [4.69, 9.17) is 0 Å². The Balaban J connectivity index is 1.33. The van der Waals surface area contributed by atoms with Crippen molar-refractivity contribution in [3.8, 4) is 0 Å². The van der Waals surface area contributed by atoms with Crippen molar-refractivity contribution in [2.75, 3.05) is 5.32 Å². The monoisotopic (exact) mass is 477 g/mol. The Bertz CT molecular complexity index is 1250. The highest BCUT2D eigenvalue weighted by atomic mass is 16.2. The van der Waals surface area contributed by atoms with Gasteiger partial charge in [0.05, 0.1) is 12.9 Å². The molecule has 3 N–H and O–H groups in total. The van der Waals surface area contributed by atoms with Gasteiger partial charge in [0.2, 0.25) is 5.91 Å². The summed E-state index contributed by atoms with van der Waals surface area (Å²) in [7, 11) is 0. The molecule has 0 radical (unpaired) electrons. The van der Waals surface area contributed by atoms with E-state index in [-0.39, 0.29) is 29.3 Å². The molecule has 2 amide bonds. The van der Waals surface area contributed by atoms with Gasteiger partial charge in [-0.3, -0.25) is 19.1 Å². The van der Waals surface area contributed by atoms with Crippen LogP contribution < -0.4 is 16.2 Å². The highest BCUT2D eigenvalue weighted by molar-refractivity contribution is 6.00. The number of aromatic nitrogens is 5. The lowest BCUT2D eigenvalue weighted by molar-refractivity contribution is -0.119. The average Bonchev–Trinajstić information content (AvgIpc) is 3.75. The quantitative estimate of drug-likeness (QED) is 0.414. The van der Waals surface area contributed by atoms with Crippen LogP contribution in [0.2, 0.25) is 0 Å². The van der Waals surface area contributed by atoms with Gasteiger partial charge < -0.3 is 20.2 Å². The zero-order valence-corrected chi connectivity index (χ0v) is 20.0. The molecule has 3 aromatic rings. The van der Waals surface area contributed by atoms with Crippen LogP contribution in [0.4, 0.5) is 5.82 Å². The van der Waals surface area contributed by atoms with E-state index in [1.54, 1.807) is 52.4 Å². The minimum absolute atomic E-state index is 0.0292. The van der Waals surface area contributed by atoms with E-state index >= 15 is 0 Å². The fourth-order valence-corrected chi connectivity index (χ4v) is 4.84. The van der Waals surface area contributed by atoms with Gasteiger partial charge in [-0.2, -0.15) is 5.10 Å². The number of pyridine rings is 1. The van der Waals surface area contributed by atoms with Crippen molar-refractivity contribution in [1.29, 1.82) is 0 Å². The second-order valence-electron chi connectivity index (χ2n) is 9.90. The van der Waals surface area contributed by atoms with Crippen molar-refractivity contribution in [3.63, 3.8) is 0 Å². The number of carbonyl (C=O) groups excluding carboxylic acids is 2. The topological polar surface area (TPSA) is 127 Å².